The Bertz CT molecular complexity index is 640. The van der Waals surface area contributed by atoms with E-state index >= 15 is 0 Å². The maximum absolute atomic E-state index is 14.1. The molecule has 2 heteroatoms. The molecule has 0 unspecified atom stereocenters. The van der Waals surface area contributed by atoms with Crippen LogP contribution in [0.3, 0.4) is 0 Å². The second-order valence-electron chi connectivity index (χ2n) is 4.13. The third-order valence-electron chi connectivity index (χ3n) is 2.94. The Balaban J connectivity index is 2.04. The Labute approximate surface area is 98.9 Å². The van der Waals surface area contributed by atoms with Crippen molar-refractivity contribution in [2.75, 3.05) is 0 Å². The van der Waals surface area contributed by atoms with Crippen LogP contribution in [0, 0.1) is 5.82 Å². The number of benzene rings is 2. The van der Waals surface area contributed by atoms with Crippen molar-refractivity contribution in [3.05, 3.63) is 71.7 Å². The van der Waals surface area contributed by atoms with Gasteiger partial charge in [-0.3, -0.25) is 0 Å². The molecule has 0 spiro atoms. The topological polar surface area (TPSA) is 15.8 Å². The zero-order chi connectivity index (χ0) is 11.7. The average molecular weight is 225 g/mol. The first-order valence-electron chi connectivity index (χ1n) is 5.63. The lowest BCUT2D eigenvalue weighted by molar-refractivity contribution is 0.624. The van der Waals surface area contributed by atoms with E-state index in [2.05, 4.69) is 4.98 Å². The molecule has 0 bridgehead atoms. The molecule has 0 radical (unpaired) electrons. The van der Waals surface area contributed by atoms with Gasteiger partial charge in [-0.05, 0) is 17.7 Å². The van der Waals surface area contributed by atoms with E-state index in [1.807, 2.05) is 48.5 Å². The zero-order valence-corrected chi connectivity index (χ0v) is 9.28. The van der Waals surface area contributed by atoms with Gasteiger partial charge in [-0.1, -0.05) is 42.5 Å². The molecular formula is C15H12FN. The van der Waals surface area contributed by atoms with Gasteiger partial charge in [0.1, 0.15) is 0 Å². The fourth-order valence-corrected chi connectivity index (χ4v) is 2.09. The predicted molar refractivity (Wildman–Crippen MR) is 67.5 cm³/mol. The van der Waals surface area contributed by atoms with Crippen LogP contribution in [0.1, 0.15) is 11.3 Å². The number of hydrogen-bond donors (Lipinski definition) is 1. The van der Waals surface area contributed by atoms with Crippen LogP contribution in [0.5, 0.6) is 0 Å². The first-order chi connectivity index (χ1) is 8.34. The Hall–Kier alpha value is -2.09. The summed E-state index contributed by atoms with van der Waals surface area (Å²) in [5.74, 6) is -0.135. The molecule has 84 valence electrons. The minimum atomic E-state index is -0.135. The maximum Gasteiger partial charge on any atom is 0.152 e. The number of aromatic nitrogens is 1. The van der Waals surface area contributed by atoms with Gasteiger partial charge in [0.05, 0.1) is 5.69 Å². The molecule has 1 aromatic heterocycles. The van der Waals surface area contributed by atoms with Crippen molar-refractivity contribution in [2.24, 2.45) is 0 Å². The molecule has 0 aliphatic carbocycles. The third kappa shape index (κ3) is 1.82. The first-order valence-corrected chi connectivity index (χ1v) is 5.63. The number of rotatable bonds is 2. The SMILES string of the molecule is Fc1c(Cc2ccccc2)[nH]c2ccccc12. The summed E-state index contributed by atoms with van der Waals surface area (Å²) >= 11 is 0. The van der Waals surface area contributed by atoms with Gasteiger partial charge in [0, 0.05) is 17.3 Å². The van der Waals surface area contributed by atoms with Crippen LogP contribution in [0.25, 0.3) is 10.9 Å². The van der Waals surface area contributed by atoms with Gasteiger partial charge in [0.2, 0.25) is 0 Å². The number of nitrogens with one attached hydrogen (secondary N) is 1. The Kier molecular flexibility index (Phi) is 2.41. The Morgan fingerprint density at radius 2 is 1.59 bits per heavy atom. The highest BCUT2D eigenvalue weighted by atomic mass is 19.1. The molecule has 1 nitrogen and oxygen atoms in total. The van der Waals surface area contributed by atoms with E-state index in [0.717, 1.165) is 11.1 Å². The zero-order valence-electron chi connectivity index (χ0n) is 9.28. The summed E-state index contributed by atoms with van der Waals surface area (Å²) in [7, 11) is 0. The summed E-state index contributed by atoms with van der Waals surface area (Å²) in [5.41, 5.74) is 2.62. The van der Waals surface area contributed by atoms with Crippen LogP contribution in [0.2, 0.25) is 0 Å². The number of hydrogen-bond acceptors (Lipinski definition) is 0. The average Bonchev–Trinajstić information content (AvgIpc) is 2.68. The number of halogens is 1. The lowest BCUT2D eigenvalue weighted by Gasteiger charge is -1.98. The van der Waals surface area contributed by atoms with Crippen molar-refractivity contribution in [1.82, 2.24) is 4.98 Å². The molecule has 0 saturated carbocycles. The highest BCUT2D eigenvalue weighted by Gasteiger charge is 2.10. The molecule has 3 rings (SSSR count). The van der Waals surface area contributed by atoms with E-state index in [9.17, 15) is 4.39 Å². The van der Waals surface area contributed by atoms with E-state index in [0.29, 0.717) is 17.5 Å². The van der Waals surface area contributed by atoms with Crippen LogP contribution in [0.4, 0.5) is 4.39 Å². The second kappa shape index (κ2) is 4.06. The van der Waals surface area contributed by atoms with E-state index in [1.165, 1.54) is 0 Å². The summed E-state index contributed by atoms with van der Waals surface area (Å²) in [6.07, 6.45) is 0.599. The van der Waals surface area contributed by atoms with Crippen LogP contribution in [0.15, 0.2) is 54.6 Å². The fourth-order valence-electron chi connectivity index (χ4n) is 2.09. The van der Waals surface area contributed by atoms with Crippen LogP contribution in [-0.2, 0) is 6.42 Å². The highest BCUT2D eigenvalue weighted by Crippen LogP contribution is 2.22. The van der Waals surface area contributed by atoms with Gasteiger partial charge in [-0.15, -0.1) is 0 Å². The molecule has 1 N–H and O–H groups in total. The van der Waals surface area contributed by atoms with Crippen molar-refractivity contribution < 1.29 is 4.39 Å². The first kappa shape index (κ1) is 10.1. The molecule has 0 fully saturated rings. The molecule has 0 aliphatic rings. The highest BCUT2D eigenvalue weighted by molar-refractivity contribution is 5.81. The number of H-pyrrole nitrogens is 1. The van der Waals surface area contributed by atoms with Crippen molar-refractivity contribution in [1.29, 1.82) is 0 Å². The second-order valence-corrected chi connectivity index (χ2v) is 4.13. The Morgan fingerprint density at radius 1 is 0.882 bits per heavy atom. The number of aromatic amines is 1. The fraction of sp³-hybridized carbons (Fsp3) is 0.0667. The molecule has 2 aromatic carbocycles. The van der Waals surface area contributed by atoms with Gasteiger partial charge in [0.15, 0.2) is 5.82 Å². The molecule has 0 saturated heterocycles. The molecule has 0 aliphatic heterocycles. The van der Waals surface area contributed by atoms with E-state index < -0.39 is 0 Å². The van der Waals surface area contributed by atoms with Crippen LogP contribution in [-0.4, -0.2) is 4.98 Å². The van der Waals surface area contributed by atoms with Crippen LogP contribution < -0.4 is 0 Å². The molecule has 17 heavy (non-hydrogen) atoms. The predicted octanol–water partition coefficient (Wildman–Crippen LogP) is 3.90. The monoisotopic (exact) mass is 225 g/mol. The van der Waals surface area contributed by atoms with Crippen molar-refractivity contribution in [3.8, 4) is 0 Å². The molecule has 0 atom stereocenters. The van der Waals surface area contributed by atoms with Gasteiger partial charge in [-0.2, -0.15) is 0 Å². The van der Waals surface area contributed by atoms with Crippen molar-refractivity contribution >= 4 is 10.9 Å². The Morgan fingerprint density at radius 3 is 2.35 bits per heavy atom. The minimum absolute atomic E-state index is 0.135. The quantitative estimate of drug-likeness (QED) is 0.680. The normalized spacial score (nSPS) is 10.9. The summed E-state index contributed by atoms with van der Waals surface area (Å²) in [6.45, 7) is 0. The number of para-hydroxylation sites is 1. The lowest BCUT2D eigenvalue weighted by atomic mass is 10.1. The van der Waals surface area contributed by atoms with Crippen molar-refractivity contribution in [2.45, 2.75) is 6.42 Å². The standard InChI is InChI=1S/C15H12FN/c16-15-12-8-4-5-9-13(12)17-14(15)10-11-6-2-1-3-7-11/h1-9,17H,10H2. The summed E-state index contributed by atoms with van der Waals surface area (Å²) in [4.78, 5) is 3.14. The van der Waals surface area contributed by atoms with E-state index in [1.54, 1.807) is 6.07 Å². The van der Waals surface area contributed by atoms with Gasteiger partial charge in [-0.25, -0.2) is 4.39 Å². The molecule has 3 aromatic rings. The molecule has 1 heterocycles. The van der Waals surface area contributed by atoms with Crippen molar-refractivity contribution in [3.63, 3.8) is 0 Å². The van der Waals surface area contributed by atoms with Gasteiger partial charge < -0.3 is 4.98 Å². The number of fused-ring (bicyclic) bond motifs is 1. The molecular weight excluding hydrogens is 213 g/mol. The lowest BCUT2D eigenvalue weighted by Crippen LogP contribution is -1.90. The third-order valence-corrected chi connectivity index (χ3v) is 2.94. The minimum Gasteiger partial charge on any atom is -0.356 e. The van der Waals surface area contributed by atoms with Gasteiger partial charge >= 0.3 is 0 Å². The summed E-state index contributed by atoms with van der Waals surface area (Å²) in [5, 5.41) is 0.665. The largest absolute Gasteiger partial charge is 0.356 e. The smallest absolute Gasteiger partial charge is 0.152 e. The van der Waals surface area contributed by atoms with Crippen LogP contribution >= 0.6 is 0 Å². The maximum atomic E-state index is 14.1. The van der Waals surface area contributed by atoms with E-state index in [-0.39, 0.29) is 5.82 Å². The van der Waals surface area contributed by atoms with E-state index in [4.69, 9.17) is 0 Å². The summed E-state index contributed by atoms with van der Waals surface area (Å²) < 4.78 is 14.1. The molecule has 0 amide bonds. The van der Waals surface area contributed by atoms with Gasteiger partial charge in [0.25, 0.3) is 0 Å². The summed E-state index contributed by atoms with van der Waals surface area (Å²) in [6, 6.07) is 17.4.